The predicted octanol–water partition coefficient (Wildman–Crippen LogP) is 0.851. The lowest BCUT2D eigenvalue weighted by atomic mass is 9.94. The summed E-state index contributed by atoms with van der Waals surface area (Å²) in [6.45, 7) is 0.993. The Labute approximate surface area is 108 Å². The highest BCUT2D eigenvalue weighted by Crippen LogP contribution is 2.30. The number of nitrogens with zero attached hydrogens (tertiary/aromatic N) is 2. The van der Waals surface area contributed by atoms with E-state index < -0.39 is 31.0 Å². The van der Waals surface area contributed by atoms with E-state index >= 15 is 0 Å². The van der Waals surface area contributed by atoms with Gasteiger partial charge in [-0.3, -0.25) is 4.79 Å². The Balaban J connectivity index is 2.15. The minimum Gasteiger partial charge on any atom is -0.494 e. The molecule has 1 aliphatic heterocycles. The lowest BCUT2D eigenvalue weighted by Crippen LogP contribution is -2.67. The van der Waals surface area contributed by atoms with E-state index in [9.17, 15) is 18.7 Å². The van der Waals surface area contributed by atoms with Gasteiger partial charge in [-0.15, -0.1) is 0 Å². The number of carbonyl (C=O) groups is 1. The number of aryl methyl sites for hydroxylation is 1. The van der Waals surface area contributed by atoms with Crippen molar-refractivity contribution < 1.29 is 23.4 Å². The van der Waals surface area contributed by atoms with Crippen molar-refractivity contribution in [2.75, 3.05) is 20.2 Å². The monoisotopic (exact) mass is 272 g/mol. The molecule has 0 radical (unpaired) electrons. The minimum absolute atomic E-state index is 0.0596. The Hall–Kier alpha value is -1.76. The fraction of sp³-hybridized carbons (Fsp3) is 0.500. The van der Waals surface area contributed by atoms with E-state index in [4.69, 9.17) is 4.74 Å². The van der Waals surface area contributed by atoms with Gasteiger partial charge >= 0.3 is 0 Å². The van der Waals surface area contributed by atoms with Crippen LogP contribution in [0.5, 0.6) is 5.75 Å². The highest BCUT2D eigenvalue weighted by Gasteiger charge is 2.51. The van der Waals surface area contributed by atoms with Crippen LogP contribution in [0.2, 0.25) is 0 Å². The molecule has 0 bridgehead atoms. The maximum atomic E-state index is 12.5. The molecule has 0 saturated carbocycles. The van der Waals surface area contributed by atoms with Gasteiger partial charge in [0.25, 0.3) is 12.3 Å². The highest BCUT2D eigenvalue weighted by molar-refractivity contribution is 5.95. The summed E-state index contributed by atoms with van der Waals surface area (Å²) in [6, 6.07) is 1.64. The highest BCUT2D eigenvalue weighted by atomic mass is 19.3. The first-order valence-corrected chi connectivity index (χ1v) is 5.68. The lowest BCUT2D eigenvalue weighted by molar-refractivity contribution is -0.166. The average molecular weight is 272 g/mol. The summed E-state index contributed by atoms with van der Waals surface area (Å²) >= 11 is 0. The zero-order chi connectivity index (χ0) is 14.2. The number of pyridine rings is 1. The molecule has 1 amide bonds. The standard InChI is InChI=1S/C12H14F2N2O3/c1-7-3-8(19-2)9(15-4-7)10(17)16-5-12(18,6-16)11(13)14/h3-4,11,18H,5-6H2,1-2H3. The second-order valence-corrected chi connectivity index (χ2v) is 4.63. The molecule has 2 rings (SSSR count). The van der Waals surface area contributed by atoms with Gasteiger partial charge in [-0.1, -0.05) is 0 Å². The van der Waals surface area contributed by atoms with Crippen LogP contribution in [-0.4, -0.2) is 53.1 Å². The molecule has 19 heavy (non-hydrogen) atoms. The molecule has 1 aromatic heterocycles. The summed E-state index contributed by atoms with van der Waals surface area (Å²) in [5.41, 5.74) is -1.22. The molecule has 0 spiro atoms. The normalized spacial score (nSPS) is 17.3. The third-order valence-corrected chi connectivity index (χ3v) is 3.03. The van der Waals surface area contributed by atoms with Crippen LogP contribution in [0.1, 0.15) is 16.1 Å². The van der Waals surface area contributed by atoms with Crippen molar-refractivity contribution in [3.8, 4) is 5.75 Å². The van der Waals surface area contributed by atoms with Gasteiger partial charge < -0.3 is 14.7 Å². The van der Waals surface area contributed by atoms with Gasteiger partial charge in [-0.2, -0.15) is 0 Å². The number of ether oxygens (including phenoxy) is 1. The van der Waals surface area contributed by atoms with Crippen LogP contribution in [0, 0.1) is 6.92 Å². The zero-order valence-electron chi connectivity index (χ0n) is 10.6. The number of hydrogen-bond acceptors (Lipinski definition) is 4. The molecule has 0 atom stereocenters. The van der Waals surface area contributed by atoms with Crippen molar-refractivity contribution in [2.24, 2.45) is 0 Å². The molecular formula is C12H14F2N2O3. The molecule has 5 nitrogen and oxygen atoms in total. The molecule has 1 aliphatic rings. The fourth-order valence-corrected chi connectivity index (χ4v) is 1.90. The molecule has 1 aromatic rings. The minimum atomic E-state index is -2.87. The van der Waals surface area contributed by atoms with E-state index in [1.54, 1.807) is 13.0 Å². The van der Waals surface area contributed by atoms with Gasteiger partial charge in [0.05, 0.1) is 20.2 Å². The average Bonchev–Trinajstić information content (AvgIpc) is 2.33. The van der Waals surface area contributed by atoms with Gasteiger partial charge in [0.1, 0.15) is 5.75 Å². The van der Waals surface area contributed by atoms with Crippen LogP contribution in [0.15, 0.2) is 12.3 Å². The number of rotatable bonds is 3. The van der Waals surface area contributed by atoms with Crippen molar-refractivity contribution in [2.45, 2.75) is 19.0 Å². The number of carbonyl (C=O) groups excluding carboxylic acids is 1. The second kappa shape index (κ2) is 4.73. The summed E-state index contributed by atoms with van der Waals surface area (Å²) in [4.78, 5) is 17.1. The lowest BCUT2D eigenvalue weighted by Gasteiger charge is -2.45. The number of β-amino-alcohol motifs (C(OH)–C–C–N with tert-alkyl or cyclic N) is 1. The largest absolute Gasteiger partial charge is 0.494 e. The van der Waals surface area contributed by atoms with Crippen molar-refractivity contribution in [3.63, 3.8) is 0 Å². The number of alkyl halides is 2. The van der Waals surface area contributed by atoms with E-state index in [1.165, 1.54) is 13.3 Å². The smallest absolute Gasteiger partial charge is 0.276 e. The molecule has 1 fully saturated rings. The topological polar surface area (TPSA) is 62.7 Å². The summed E-state index contributed by atoms with van der Waals surface area (Å²) < 4.78 is 30.0. The Kier molecular flexibility index (Phi) is 3.40. The molecule has 104 valence electrons. The summed E-state index contributed by atoms with van der Waals surface area (Å²) in [5, 5.41) is 9.43. The summed E-state index contributed by atoms with van der Waals surface area (Å²) in [7, 11) is 1.40. The number of likely N-dealkylation sites (tertiary alicyclic amines) is 1. The van der Waals surface area contributed by atoms with Crippen LogP contribution in [-0.2, 0) is 0 Å². The molecule has 0 aliphatic carbocycles. The van der Waals surface area contributed by atoms with Crippen LogP contribution in [0.3, 0.4) is 0 Å². The van der Waals surface area contributed by atoms with Crippen molar-refractivity contribution in [1.29, 1.82) is 0 Å². The zero-order valence-corrected chi connectivity index (χ0v) is 10.6. The van der Waals surface area contributed by atoms with Crippen LogP contribution in [0.25, 0.3) is 0 Å². The number of aromatic nitrogens is 1. The summed E-state index contributed by atoms with van der Waals surface area (Å²) in [5.74, 6) is -0.236. The van der Waals surface area contributed by atoms with Gasteiger partial charge in [0.15, 0.2) is 11.3 Å². The van der Waals surface area contributed by atoms with Crippen LogP contribution >= 0.6 is 0 Å². The Morgan fingerprint density at radius 2 is 2.21 bits per heavy atom. The Morgan fingerprint density at radius 3 is 2.74 bits per heavy atom. The maximum Gasteiger partial charge on any atom is 0.276 e. The first-order valence-electron chi connectivity index (χ1n) is 5.68. The van der Waals surface area contributed by atoms with Crippen molar-refractivity contribution >= 4 is 5.91 Å². The fourth-order valence-electron chi connectivity index (χ4n) is 1.90. The Bertz CT molecular complexity index is 502. The number of amides is 1. The van der Waals surface area contributed by atoms with Crippen LogP contribution in [0.4, 0.5) is 8.78 Å². The molecule has 1 saturated heterocycles. The molecule has 7 heteroatoms. The molecule has 2 heterocycles. The van der Waals surface area contributed by atoms with Gasteiger partial charge in [0.2, 0.25) is 0 Å². The van der Waals surface area contributed by atoms with E-state index in [-0.39, 0.29) is 11.4 Å². The van der Waals surface area contributed by atoms with Gasteiger partial charge in [-0.25, -0.2) is 13.8 Å². The number of methoxy groups -OCH3 is 1. The first kappa shape index (κ1) is 13.7. The van der Waals surface area contributed by atoms with E-state index in [0.29, 0.717) is 0 Å². The summed E-state index contributed by atoms with van der Waals surface area (Å²) in [6.07, 6.45) is -1.38. The first-order chi connectivity index (χ1) is 8.87. The third kappa shape index (κ3) is 2.37. The number of aliphatic hydroxyl groups is 1. The second-order valence-electron chi connectivity index (χ2n) is 4.63. The predicted molar refractivity (Wildman–Crippen MR) is 62.4 cm³/mol. The molecule has 0 unspecified atom stereocenters. The van der Waals surface area contributed by atoms with E-state index in [1.807, 2.05) is 0 Å². The third-order valence-electron chi connectivity index (χ3n) is 3.03. The Morgan fingerprint density at radius 1 is 1.58 bits per heavy atom. The SMILES string of the molecule is COc1cc(C)cnc1C(=O)N1CC(O)(C(F)F)C1. The van der Waals surface area contributed by atoms with Crippen LogP contribution < -0.4 is 4.74 Å². The van der Waals surface area contributed by atoms with Crippen molar-refractivity contribution in [3.05, 3.63) is 23.5 Å². The van der Waals surface area contributed by atoms with E-state index in [0.717, 1.165) is 10.5 Å². The van der Waals surface area contributed by atoms with Gasteiger partial charge in [-0.05, 0) is 18.6 Å². The molecule has 0 aromatic carbocycles. The van der Waals surface area contributed by atoms with Crippen molar-refractivity contribution in [1.82, 2.24) is 9.88 Å². The quantitative estimate of drug-likeness (QED) is 0.886. The van der Waals surface area contributed by atoms with E-state index in [2.05, 4.69) is 4.98 Å². The van der Waals surface area contributed by atoms with Gasteiger partial charge in [0, 0.05) is 6.20 Å². The molecular weight excluding hydrogens is 258 g/mol. The maximum absolute atomic E-state index is 12.5. The number of hydrogen-bond donors (Lipinski definition) is 1. The molecule has 1 N–H and O–H groups in total. The number of halogens is 2.